The van der Waals surface area contributed by atoms with Gasteiger partial charge in [0.05, 0.1) is 0 Å². The Labute approximate surface area is 68.6 Å². The van der Waals surface area contributed by atoms with Crippen LogP contribution >= 0.6 is 0 Å². The predicted octanol–water partition coefficient (Wildman–Crippen LogP) is 3.09. The van der Waals surface area contributed by atoms with Gasteiger partial charge in [-0.25, -0.2) is 0 Å². The Balaban J connectivity index is 2.82. The molecule has 0 spiro atoms. The van der Waals surface area contributed by atoms with Crippen LogP contribution in [0.15, 0.2) is 24.3 Å². The molecule has 0 N–H and O–H groups in total. The Bertz CT molecular complexity index is 236. The van der Waals surface area contributed by atoms with Gasteiger partial charge in [0.1, 0.15) is 0 Å². The quantitative estimate of drug-likeness (QED) is 0.613. The van der Waals surface area contributed by atoms with E-state index < -0.39 is 0 Å². The Hall–Kier alpha value is -1.04. The first-order valence-corrected chi connectivity index (χ1v) is 4.00. The molecular weight excluding hydrogens is 132 g/mol. The molecule has 1 aromatic carbocycles. The number of rotatable bonds is 3. The second-order valence-electron chi connectivity index (χ2n) is 2.66. The van der Waals surface area contributed by atoms with E-state index >= 15 is 0 Å². The van der Waals surface area contributed by atoms with E-state index in [0.717, 1.165) is 12.0 Å². The Morgan fingerprint density at radius 2 is 2.27 bits per heavy atom. The lowest BCUT2D eigenvalue weighted by atomic mass is 10.1. The lowest BCUT2D eigenvalue weighted by Crippen LogP contribution is -1.82. The molecule has 0 amide bonds. The third kappa shape index (κ3) is 2.23. The Kier molecular flexibility index (Phi) is 2.91. The van der Waals surface area contributed by atoms with Gasteiger partial charge in [0.2, 0.25) is 0 Å². The monoisotopic (exact) mass is 145 g/mol. The van der Waals surface area contributed by atoms with Crippen LogP contribution in [-0.4, -0.2) is 0 Å². The normalized spacial score (nSPS) is 9.55. The van der Waals surface area contributed by atoms with Crippen molar-refractivity contribution >= 4 is 6.08 Å². The van der Waals surface area contributed by atoms with Crippen molar-refractivity contribution in [3.63, 3.8) is 0 Å². The minimum absolute atomic E-state index is 1.11. The summed E-state index contributed by atoms with van der Waals surface area (Å²) in [6.07, 6.45) is 3.97. The molecular formula is C11H13. The molecule has 0 heteroatoms. The molecule has 1 aromatic rings. The number of hydrogen-bond acceptors (Lipinski definition) is 0. The summed E-state index contributed by atoms with van der Waals surface area (Å²) in [4.78, 5) is 0. The summed E-state index contributed by atoms with van der Waals surface area (Å²) in [6.45, 7) is 7.57. The molecule has 0 unspecified atom stereocenters. The van der Waals surface area contributed by atoms with Crippen molar-refractivity contribution in [3.8, 4) is 0 Å². The minimum atomic E-state index is 1.11. The fourth-order valence-corrected chi connectivity index (χ4v) is 1.14. The zero-order valence-electron chi connectivity index (χ0n) is 6.88. The van der Waals surface area contributed by atoms with E-state index in [2.05, 4.69) is 19.1 Å². The van der Waals surface area contributed by atoms with E-state index in [1.807, 2.05) is 12.1 Å². The van der Waals surface area contributed by atoms with Crippen molar-refractivity contribution in [3.05, 3.63) is 42.0 Å². The minimum Gasteiger partial charge on any atom is -0.0651 e. The molecule has 0 heterocycles. The standard InChI is InChI=1S/C11H13/c1-3-6-11-8-5-7-10(4-2)9-11/h2,4-5,7-9H,3,6H2,1H3. The van der Waals surface area contributed by atoms with Crippen molar-refractivity contribution < 1.29 is 0 Å². The molecule has 0 saturated heterocycles. The second-order valence-corrected chi connectivity index (χ2v) is 2.66. The van der Waals surface area contributed by atoms with Crippen LogP contribution in [-0.2, 0) is 6.42 Å². The van der Waals surface area contributed by atoms with Crippen LogP contribution in [0, 0.1) is 6.58 Å². The van der Waals surface area contributed by atoms with Gasteiger partial charge >= 0.3 is 0 Å². The summed E-state index contributed by atoms with van der Waals surface area (Å²) >= 11 is 0. The molecule has 11 heavy (non-hydrogen) atoms. The first-order chi connectivity index (χ1) is 5.36. The molecule has 0 fully saturated rings. The highest BCUT2D eigenvalue weighted by Crippen LogP contribution is 2.07. The zero-order valence-corrected chi connectivity index (χ0v) is 6.88. The summed E-state index contributed by atoms with van der Waals surface area (Å²) in [7, 11) is 0. The average Bonchev–Trinajstić information content (AvgIpc) is 2.06. The molecule has 1 rings (SSSR count). The Morgan fingerprint density at radius 1 is 1.45 bits per heavy atom. The third-order valence-electron chi connectivity index (χ3n) is 1.68. The van der Waals surface area contributed by atoms with Gasteiger partial charge in [0.25, 0.3) is 0 Å². The number of aryl methyl sites for hydroxylation is 1. The Morgan fingerprint density at radius 3 is 2.91 bits per heavy atom. The molecule has 0 nitrogen and oxygen atoms in total. The molecule has 0 aliphatic heterocycles. The molecule has 0 aliphatic rings. The van der Waals surface area contributed by atoms with E-state index in [0.29, 0.717) is 0 Å². The van der Waals surface area contributed by atoms with Crippen LogP contribution < -0.4 is 0 Å². The summed E-state index contributed by atoms with van der Waals surface area (Å²) in [5.74, 6) is 0. The fraction of sp³-hybridized carbons (Fsp3) is 0.273. The van der Waals surface area contributed by atoms with Gasteiger partial charge in [0, 0.05) is 0 Å². The van der Waals surface area contributed by atoms with Gasteiger partial charge in [-0.2, -0.15) is 0 Å². The van der Waals surface area contributed by atoms with Crippen LogP contribution in [0.3, 0.4) is 0 Å². The first kappa shape index (κ1) is 8.06. The molecule has 1 radical (unpaired) electrons. The van der Waals surface area contributed by atoms with Crippen molar-refractivity contribution in [1.29, 1.82) is 0 Å². The van der Waals surface area contributed by atoms with Crippen LogP contribution in [0.1, 0.15) is 24.5 Å². The van der Waals surface area contributed by atoms with E-state index in [-0.39, 0.29) is 0 Å². The van der Waals surface area contributed by atoms with Crippen molar-refractivity contribution in [1.82, 2.24) is 0 Å². The lowest BCUT2D eigenvalue weighted by molar-refractivity contribution is 0.921. The highest BCUT2D eigenvalue weighted by molar-refractivity contribution is 5.46. The van der Waals surface area contributed by atoms with Crippen LogP contribution in [0.4, 0.5) is 0 Å². The molecule has 57 valence electrons. The summed E-state index contributed by atoms with van der Waals surface area (Å²) in [5.41, 5.74) is 2.47. The van der Waals surface area contributed by atoms with E-state index in [1.165, 1.54) is 12.0 Å². The van der Waals surface area contributed by atoms with Crippen molar-refractivity contribution in [2.75, 3.05) is 0 Å². The largest absolute Gasteiger partial charge is 0.0651 e. The zero-order chi connectivity index (χ0) is 8.10. The smallest absolute Gasteiger partial charge is 0.0254 e. The number of hydrogen-bond donors (Lipinski definition) is 0. The van der Waals surface area contributed by atoms with Gasteiger partial charge in [-0.1, -0.05) is 50.3 Å². The van der Waals surface area contributed by atoms with Crippen molar-refractivity contribution in [2.45, 2.75) is 19.8 Å². The molecule has 0 aliphatic carbocycles. The summed E-state index contributed by atoms with van der Waals surface area (Å²) in [6, 6.07) is 8.32. The van der Waals surface area contributed by atoms with E-state index in [9.17, 15) is 0 Å². The average molecular weight is 145 g/mol. The van der Waals surface area contributed by atoms with Crippen LogP contribution in [0.25, 0.3) is 6.08 Å². The van der Waals surface area contributed by atoms with Gasteiger partial charge < -0.3 is 0 Å². The summed E-state index contributed by atoms with van der Waals surface area (Å²) < 4.78 is 0. The molecule has 0 aromatic heterocycles. The van der Waals surface area contributed by atoms with E-state index in [4.69, 9.17) is 6.58 Å². The molecule has 0 saturated carbocycles. The molecule has 0 bridgehead atoms. The maximum Gasteiger partial charge on any atom is -0.0254 e. The highest BCUT2D eigenvalue weighted by atomic mass is 14.0. The number of benzene rings is 1. The fourth-order valence-electron chi connectivity index (χ4n) is 1.14. The van der Waals surface area contributed by atoms with E-state index in [1.54, 1.807) is 6.08 Å². The molecule has 0 atom stereocenters. The van der Waals surface area contributed by atoms with Gasteiger partial charge in [-0.15, -0.1) is 0 Å². The van der Waals surface area contributed by atoms with Crippen molar-refractivity contribution in [2.24, 2.45) is 0 Å². The van der Waals surface area contributed by atoms with Gasteiger partial charge in [-0.05, 0) is 17.5 Å². The van der Waals surface area contributed by atoms with Crippen LogP contribution in [0.2, 0.25) is 0 Å². The highest BCUT2D eigenvalue weighted by Gasteiger charge is 1.90. The van der Waals surface area contributed by atoms with Gasteiger partial charge in [-0.3, -0.25) is 0 Å². The predicted molar refractivity (Wildman–Crippen MR) is 49.2 cm³/mol. The van der Waals surface area contributed by atoms with Crippen LogP contribution in [0.5, 0.6) is 0 Å². The maximum absolute atomic E-state index is 5.39. The summed E-state index contributed by atoms with van der Waals surface area (Å²) in [5, 5.41) is 0. The second kappa shape index (κ2) is 3.97. The maximum atomic E-state index is 5.39. The van der Waals surface area contributed by atoms with Gasteiger partial charge in [0.15, 0.2) is 0 Å². The SMILES string of the molecule is [CH]=Cc1cccc(CCC)c1. The lowest BCUT2D eigenvalue weighted by Gasteiger charge is -1.98. The third-order valence-corrected chi connectivity index (χ3v) is 1.68. The topological polar surface area (TPSA) is 0 Å². The first-order valence-electron chi connectivity index (χ1n) is 4.00.